The molecular formula is C13H16N4O. The summed E-state index contributed by atoms with van der Waals surface area (Å²) in [5.41, 5.74) is 1.99. The Morgan fingerprint density at radius 1 is 1.39 bits per heavy atom. The van der Waals surface area contributed by atoms with Crippen LogP contribution >= 0.6 is 0 Å². The molecule has 1 atom stereocenters. The minimum absolute atomic E-state index is 0.00190. The third-order valence-corrected chi connectivity index (χ3v) is 2.70. The minimum atomic E-state index is -0.0261. The Morgan fingerprint density at radius 2 is 2.11 bits per heavy atom. The van der Waals surface area contributed by atoms with Crippen molar-refractivity contribution in [2.45, 2.75) is 26.3 Å². The number of nitrogens with zero attached hydrogens (tertiary/aromatic N) is 3. The number of benzene rings is 1. The highest BCUT2D eigenvalue weighted by Gasteiger charge is 2.11. The molecule has 1 aromatic carbocycles. The van der Waals surface area contributed by atoms with Crippen LogP contribution in [-0.2, 0) is 4.79 Å². The molecule has 0 aliphatic rings. The van der Waals surface area contributed by atoms with E-state index in [9.17, 15) is 4.79 Å². The van der Waals surface area contributed by atoms with Crippen LogP contribution in [0.25, 0.3) is 0 Å². The highest BCUT2D eigenvalue weighted by atomic mass is 16.1. The van der Waals surface area contributed by atoms with E-state index in [-0.39, 0.29) is 11.9 Å². The second kappa shape index (κ2) is 5.44. The predicted molar refractivity (Wildman–Crippen MR) is 69.2 cm³/mol. The number of carbonyl (C=O) groups excluding carboxylic acids is 1. The van der Waals surface area contributed by atoms with E-state index in [2.05, 4.69) is 15.4 Å². The summed E-state index contributed by atoms with van der Waals surface area (Å²) < 4.78 is 1.68. The molecular weight excluding hydrogens is 228 g/mol. The quantitative estimate of drug-likeness (QED) is 0.896. The zero-order valence-corrected chi connectivity index (χ0v) is 10.5. The van der Waals surface area contributed by atoms with E-state index >= 15 is 0 Å². The van der Waals surface area contributed by atoms with Crippen LogP contribution in [0.1, 0.15) is 24.9 Å². The van der Waals surface area contributed by atoms with Crippen molar-refractivity contribution in [3.05, 3.63) is 42.5 Å². The van der Waals surface area contributed by atoms with Gasteiger partial charge in [-0.05, 0) is 26.0 Å². The van der Waals surface area contributed by atoms with Gasteiger partial charge in [-0.3, -0.25) is 4.79 Å². The molecule has 1 aromatic heterocycles. The van der Waals surface area contributed by atoms with Crippen molar-refractivity contribution < 1.29 is 4.79 Å². The van der Waals surface area contributed by atoms with E-state index in [0.29, 0.717) is 6.42 Å². The number of anilines is 1. The first-order valence-corrected chi connectivity index (χ1v) is 5.86. The van der Waals surface area contributed by atoms with Crippen molar-refractivity contribution >= 4 is 11.6 Å². The summed E-state index contributed by atoms with van der Waals surface area (Å²) in [7, 11) is 0. The molecule has 0 unspecified atom stereocenters. The molecule has 0 spiro atoms. The summed E-state index contributed by atoms with van der Waals surface area (Å²) >= 11 is 0. The number of amides is 1. The summed E-state index contributed by atoms with van der Waals surface area (Å²) in [6.45, 7) is 3.95. The lowest BCUT2D eigenvalue weighted by atomic mass is 10.2. The molecule has 0 radical (unpaired) electrons. The number of carbonyl (C=O) groups is 1. The predicted octanol–water partition coefficient (Wildman–Crippen LogP) is 2.18. The third-order valence-electron chi connectivity index (χ3n) is 2.70. The van der Waals surface area contributed by atoms with Gasteiger partial charge in [-0.2, -0.15) is 5.10 Å². The molecule has 18 heavy (non-hydrogen) atoms. The van der Waals surface area contributed by atoms with Crippen molar-refractivity contribution in [3.8, 4) is 0 Å². The van der Waals surface area contributed by atoms with Crippen LogP contribution in [0.4, 0.5) is 5.69 Å². The molecule has 0 saturated carbocycles. The first-order valence-electron chi connectivity index (χ1n) is 5.86. The van der Waals surface area contributed by atoms with Gasteiger partial charge in [0.1, 0.15) is 12.7 Å². The lowest BCUT2D eigenvalue weighted by molar-refractivity contribution is -0.116. The van der Waals surface area contributed by atoms with Crippen LogP contribution in [0.5, 0.6) is 0 Å². The Balaban J connectivity index is 1.91. The van der Waals surface area contributed by atoms with E-state index in [1.54, 1.807) is 11.0 Å². The molecule has 1 amide bonds. The SMILES string of the molecule is Cc1ccc(NC(=O)C[C@@H](C)n2cncn2)cc1. The van der Waals surface area contributed by atoms with E-state index in [4.69, 9.17) is 0 Å². The third kappa shape index (κ3) is 3.16. The number of rotatable bonds is 4. The normalized spacial score (nSPS) is 12.1. The molecule has 1 heterocycles. The molecule has 0 aliphatic heterocycles. The van der Waals surface area contributed by atoms with Crippen LogP contribution in [0.2, 0.25) is 0 Å². The fourth-order valence-corrected chi connectivity index (χ4v) is 1.66. The lowest BCUT2D eigenvalue weighted by Crippen LogP contribution is -2.17. The summed E-state index contributed by atoms with van der Waals surface area (Å²) in [4.78, 5) is 15.7. The Morgan fingerprint density at radius 3 is 2.72 bits per heavy atom. The number of nitrogens with one attached hydrogen (secondary N) is 1. The lowest BCUT2D eigenvalue weighted by Gasteiger charge is -2.11. The van der Waals surface area contributed by atoms with Crippen molar-refractivity contribution in [2.75, 3.05) is 5.32 Å². The topological polar surface area (TPSA) is 59.8 Å². The summed E-state index contributed by atoms with van der Waals surface area (Å²) in [5.74, 6) is -0.0261. The average Bonchev–Trinajstić information content (AvgIpc) is 2.85. The molecule has 2 rings (SSSR count). The van der Waals surface area contributed by atoms with Gasteiger partial charge in [0.05, 0.1) is 6.04 Å². The fourth-order valence-electron chi connectivity index (χ4n) is 1.66. The Labute approximate surface area is 106 Å². The van der Waals surface area contributed by atoms with Gasteiger partial charge in [0, 0.05) is 12.1 Å². The van der Waals surface area contributed by atoms with Gasteiger partial charge in [-0.25, -0.2) is 9.67 Å². The largest absolute Gasteiger partial charge is 0.326 e. The van der Waals surface area contributed by atoms with Crippen molar-refractivity contribution in [3.63, 3.8) is 0 Å². The Bertz CT molecular complexity index is 504. The molecule has 0 aliphatic carbocycles. The molecule has 5 heteroatoms. The van der Waals surface area contributed by atoms with Gasteiger partial charge < -0.3 is 5.32 Å². The Hall–Kier alpha value is -2.17. The maximum absolute atomic E-state index is 11.8. The van der Waals surface area contributed by atoms with Crippen molar-refractivity contribution in [2.24, 2.45) is 0 Å². The van der Waals surface area contributed by atoms with Crippen molar-refractivity contribution in [1.82, 2.24) is 14.8 Å². The maximum atomic E-state index is 11.8. The molecule has 0 saturated heterocycles. The van der Waals surface area contributed by atoms with E-state index in [0.717, 1.165) is 5.69 Å². The minimum Gasteiger partial charge on any atom is -0.326 e. The highest BCUT2D eigenvalue weighted by molar-refractivity contribution is 5.90. The van der Waals surface area contributed by atoms with Gasteiger partial charge in [-0.1, -0.05) is 17.7 Å². The molecule has 1 N–H and O–H groups in total. The maximum Gasteiger partial charge on any atom is 0.226 e. The van der Waals surface area contributed by atoms with Gasteiger partial charge in [0.25, 0.3) is 0 Å². The zero-order chi connectivity index (χ0) is 13.0. The van der Waals surface area contributed by atoms with Gasteiger partial charge >= 0.3 is 0 Å². The van der Waals surface area contributed by atoms with Crippen LogP contribution in [0.15, 0.2) is 36.9 Å². The van der Waals surface area contributed by atoms with Gasteiger partial charge in [0.15, 0.2) is 0 Å². The summed E-state index contributed by atoms with van der Waals surface area (Å²) in [6, 6.07) is 7.73. The van der Waals surface area contributed by atoms with Crippen LogP contribution in [0.3, 0.4) is 0 Å². The number of aryl methyl sites for hydroxylation is 1. The average molecular weight is 244 g/mol. The van der Waals surface area contributed by atoms with Crippen LogP contribution in [0, 0.1) is 6.92 Å². The highest BCUT2D eigenvalue weighted by Crippen LogP contribution is 2.12. The molecule has 0 bridgehead atoms. The van der Waals surface area contributed by atoms with Crippen molar-refractivity contribution in [1.29, 1.82) is 0 Å². The molecule has 5 nitrogen and oxygen atoms in total. The molecule has 94 valence electrons. The van der Waals surface area contributed by atoms with Gasteiger partial charge in [-0.15, -0.1) is 0 Å². The smallest absolute Gasteiger partial charge is 0.226 e. The second-order valence-corrected chi connectivity index (χ2v) is 4.34. The summed E-state index contributed by atoms with van der Waals surface area (Å²) in [6.07, 6.45) is 3.45. The zero-order valence-electron chi connectivity index (χ0n) is 10.5. The van der Waals surface area contributed by atoms with Crippen LogP contribution < -0.4 is 5.32 Å². The van der Waals surface area contributed by atoms with E-state index in [1.807, 2.05) is 38.1 Å². The first kappa shape index (κ1) is 12.3. The summed E-state index contributed by atoms with van der Waals surface area (Å²) in [5, 5.41) is 6.87. The number of hydrogen-bond acceptors (Lipinski definition) is 3. The molecule has 0 fully saturated rings. The Kier molecular flexibility index (Phi) is 3.72. The van der Waals surface area contributed by atoms with Gasteiger partial charge in [0.2, 0.25) is 5.91 Å². The van der Waals surface area contributed by atoms with E-state index < -0.39 is 0 Å². The second-order valence-electron chi connectivity index (χ2n) is 4.34. The van der Waals surface area contributed by atoms with Crippen LogP contribution in [-0.4, -0.2) is 20.7 Å². The monoisotopic (exact) mass is 244 g/mol. The molecule has 2 aromatic rings. The van der Waals surface area contributed by atoms with E-state index in [1.165, 1.54) is 11.9 Å². The number of aromatic nitrogens is 3. The first-order chi connectivity index (χ1) is 8.65. The number of hydrogen-bond donors (Lipinski definition) is 1. The fraction of sp³-hybridized carbons (Fsp3) is 0.308. The standard InChI is InChI=1S/C13H16N4O/c1-10-3-5-12(6-4-10)16-13(18)7-11(2)17-9-14-8-15-17/h3-6,8-9,11H,7H2,1-2H3,(H,16,18)/t11-/m1/s1.